The molecule has 1 aromatic heterocycles. The molecular weight excluding hydrogens is 306 g/mol. The maximum absolute atomic E-state index is 9.26. The van der Waals surface area contributed by atoms with Gasteiger partial charge in [0.2, 0.25) is 0 Å². The van der Waals surface area contributed by atoms with Gasteiger partial charge in [-0.05, 0) is 38.3 Å². The van der Waals surface area contributed by atoms with Crippen molar-refractivity contribution >= 4 is 26.8 Å². The summed E-state index contributed by atoms with van der Waals surface area (Å²) in [5.41, 5.74) is 2.51. The summed E-state index contributed by atoms with van der Waals surface area (Å²) in [5.74, 6) is 0. The Labute approximate surface area is 120 Å². The molecule has 1 aliphatic rings. The van der Waals surface area contributed by atoms with Gasteiger partial charge in [-0.15, -0.1) is 0 Å². The number of halogens is 1. The minimum Gasteiger partial charge on any atom is -0.356 e. The van der Waals surface area contributed by atoms with Gasteiger partial charge in [0.05, 0.1) is 22.8 Å². The van der Waals surface area contributed by atoms with Gasteiger partial charge in [0.1, 0.15) is 0 Å². The van der Waals surface area contributed by atoms with Gasteiger partial charge < -0.3 is 4.74 Å². The van der Waals surface area contributed by atoms with E-state index in [1.54, 1.807) is 0 Å². The molecule has 5 heteroatoms. The quantitative estimate of drug-likeness (QED) is 0.805. The molecule has 0 radical (unpaired) electrons. The molecule has 0 aliphatic carbocycles. The van der Waals surface area contributed by atoms with Gasteiger partial charge in [0.25, 0.3) is 0 Å². The second-order valence-electron chi connectivity index (χ2n) is 4.81. The first kappa shape index (κ1) is 12.6. The Kier molecular flexibility index (Phi) is 3.29. The highest BCUT2D eigenvalue weighted by atomic mass is 79.9. The Morgan fingerprint density at radius 3 is 3.00 bits per heavy atom. The molecule has 0 spiro atoms. The summed E-state index contributed by atoms with van der Waals surface area (Å²) in [6, 6.07) is 6.09. The summed E-state index contributed by atoms with van der Waals surface area (Å²) < 4.78 is 8.62. The molecule has 19 heavy (non-hydrogen) atoms. The highest BCUT2D eigenvalue weighted by Crippen LogP contribution is 2.31. The Bertz CT molecular complexity index is 665. The van der Waals surface area contributed by atoms with E-state index in [4.69, 9.17) is 4.74 Å². The van der Waals surface area contributed by atoms with E-state index in [-0.39, 0.29) is 6.23 Å². The summed E-state index contributed by atoms with van der Waals surface area (Å²) in [7, 11) is 0. The highest BCUT2D eigenvalue weighted by Gasteiger charge is 2.21. The molecule has 0 saturated carbocycles. The zero-order valence-electron chi connectivity index (χ0n) is 10.7. The summed E-state index contributed by atoms with van der Waals surface area (Å²) >= 11 is 3.46. The number of hydrogen-bond acceptors (Lipinski definition) is 3. The minimum atomic E-state index is -0.00853. The summed E-state index contributed by atoms with van der Waals surface area (Å²) in [6.45, 7) is 2.72. The number of rotatable bonds is 1. The van der Waals surface area contributed by atoms with Gasteiger partial charge >= 0.3 is 0 Å². The van der Waals surface area contributed by atoms with E-state index >= 15 is 0 Å². The molecule has 0 bridgehead atoms. The fraction of sp³-hybridized carbons (Fsp3) is 0.429. The van der Waals surface area contributed by atoms with E-state index in [1.165, 1.54) is 0 Å². The number of nitrogens with zero attached hydrogens (tertiary/aromatic N) is 3. The van der Waals surface area contributed by atoms with Crippen molar-refractivity contribution in [3.63, 3.8) is 0 Å². The maximum atomic E-state index is 9.26. The lowest BCUT2D eigenvalue weighted by molar-refractivity contribution is -0.0368. The fourth-order valence-electron chi connectivity index (χ4n) is 2.64. The normalized spacial score (nSPS) is 19.5. The van der Waals surface area contributed by atoms with Gasteiger partial charge in [-0.2, -0.15) is 10.4 Å². The van der Waals surface area contributed by atoms with Crippen LogP contribution in [0.3, 0.4) is 0 Å². The predicted octanol–water partition coefficient (Wildman–Crippen LogP) is 3.68. The van der Waals surface area contributed by atoms with Crippen LogP contribution in [-0.2, 0) is 4.74 Å². The average molecular weight is 320 g/mol. The van der Waals surface area contributed by atoms with Gasteiger partial charge in [0.15, 0.2) is 6.23 Å². The van der Waals surface area contributed by atoms with Crippen LogP contribution in [0.15, 0.2) is 16.6 Å². The average Bonchev–Trinajstić information content (AvgIpc) is 2.76. The molecule has 2 aromatic rings. The standard InChI is InChI=1S/C14H14BrN3O/c1-9-14-10(8-16)6-11(15)7-12(14)18(17-9)13-4-2-3-5-19-13/h6-7,13H,2-5H2,1H3. The van der Waals surface area contributed by atoms with Crippen molar-refractivity contribution in [3.8, 4) is 6.07 Å². The molecule has 1 aromatic carbocycles. The third-order valence-electron chi connectivity index (χ3n) is 3.50. The molecule has 0 N–H and O–H groups in total. The third kappa shape index (κ3) is 2.15. The zero-order valence-corrected chi connectivity index (χ0v) is 12.3. The predicted molar refractivity (Wildman–Crippen MR) is 75.7 cm³/mol. The number of fused-ring (bicyclic) bond motifs is 1. The van der Waals surface area contributed by atoms with Gasteiger partial charge in [-0.1, -0.05) is 15.9 Å². The smallest absolute Gasteiger partial charge is 0.150 e. The number of benzene rings is 1. The first-order chi connectivity index (χ1) is 9.20. The van der Waals surface area contributed by atoms with Crippen LogP contribution in [0.4, 0.5) is 0 Å². The van der Waals surface area contributed by atoms with Crippen molar-refractivity contribution in [1.29, 1.82) is 5.26 Å². The topological polar surface area (TPSA) is 50.8 Å². The number of ether oxygens (including phenoxy) is 1. The molecule has 1 unspecified atom stereocenters. The van der Waals surface area contributed by atoms with E-state index < -0.39 is 0 Å². The summed E-state index contributed by atoms with van der Waals surface area (Å²) in [5, 5.41) is 14.8. The van der Waals surface area contributed by atoms with Crippen molar-refractivity contribution < 1.29 is 4.74 Å². The fourth-order valence-corrected chi connectivity index (χ4v) is 3.09. The van der Waals surface area contributed by atoms with Crippen LogP contribution in [0.5, 0.6) is 0 Å². The molecule has 2 heterocycles. The second-order valence-corrected chi connectivity index (χ2v) is 5.73. The van der Waals surface area contributed by atoms with E-state index in [0.717, 1.165) is 46.9 Å². The van der Waals surface area contributed by atoms with Crippen LogP contribution in [0.25, 0.3) is 10.9 Å². The number of aryl methyl sites for hydroxylation is 1. The summed E-state index contributed by atoms with van der Waals surface area (Å²) in [6.07, 6.45) is 3.24. The lowest BCUT2D eigenvalue weighted by Gasteiger charge is -2.23. The lowest BCUT2D eigenvalue weighted by Crippen LogP contribution is -2.19. The molecule has 4 nitrogen and oxygen atoms in total. The van der Waals surface area contributed by atoms with Crippen LogP contribution in [0.1, 0.15) is 36.7 Å². The van der Waals surface area contributed by atoms with Crippen molar-refractivity contribution in [2.45, 2.75) is 32.4 Å². The SMILES string of the molecule is Cc1nn(C2CCCCO2)c2cc(Br)cc(C#N)c12. The monoisotopic (exact) mass is 319 g/mol. The molecule has 3 rings (SSSR count). The highest BCUT2D eigenvalue weighted by molar-refractivity contribution is 9.10. The van der Waals surface area contributed by atoms with E-state index in [9.17, 15) is 5.26 Å². The van der Waals surface area contributed by atoms with Crippen molar-refractivity contribution in [1.82, 2.24) is 9.78 Å². The Morgan fingerprint density at radius 1 is 1.47 bits per heavy atom. The van der Waals surface area contributed by atoms with Crippen LogP contribution in [0, 0.1) is 18.3 Å². The molecule has 1 aliphatic heterocycles. The molecule has 1 saturated heterocycles. The molecule has 0 amide bonds. The van der Waals surface area contributed by atoms with Crippen LogP contribution in [0.2, 0.25) is 0 Å². The molecule has 1 fully saturated rings. The number of aromatic nitrogens is 2. The van der Waals surface area contributed by atoms with Crippen LogP contribution in [-0.4, -0.2) is 16.4 Å². The number of hydrogen-bond donors (Lipinski definition) is 0. The summed E-state index contributed by atoms with van der Waals surface area (Å²) in [4.78, 5) is 0. The van der Waals surface area contributed by atoms with Crippen LogP contribution >= 0.6 is 15.9 Å². The first-order valence-corrected chi connectivity index (χ1v) is 7.20. The van der Waals surface area contributed by atoms with Gasteiger partial charge in [0, 0.05) is 16.5 Å². The molecule has 1 atom stereocenters. The van der Waals surface area contributed by atoms with E-state index in [0.29, 0.717) is 5.56 Å². The van der Waals surface area contributed by atoms with E-state index in [1.807, 2.05) is 23.7 Å². The molecular formula is C14H14BrN3O. The van der Waals surface area contributed by atoms with E-state index in [2.05, 4.69) is 27.1 Å². The Hall–Kier alpha value is -1.38. The lowest BCUT2D eigenvalue weighted by atomic mass is 10.1. The maximum Gasteiger partial charge on any atom is 0.150 e. The Morgan fingerprint density at radius 2 is 2.32 bits per heavy atom. The largest absolute Gasteiger partial charge is 0.356 e. The minimum absolute atomic E-state index is 0.00853. The second kappa shape index (κ2) is 4.95. The van der Waals surface area contributed by atoms with Crippen molar-refractivity contribution in [2.75, 3.05) is 6.61 Å². The van der Waals surface area contributed by atoms with Gasteiger partial charge in [-0.25, -0.2) is 4.68 Å². The third-order valence-corrected chi connectivity index (χ3v) is 3.96. The zero-order chi connectivity index (χ0) is 13.4. The van der Waals surface area contributed by atoms with Crippen molar-refractivity contribution in [3.05, 3.63) is 27.9 Å². The first-order valence-electron chi connectivity index (χ1n) is 6.41. The van der Waals surface area contributed by atoms with Crippen LogP contribution < -0.4 is 0 Å². The van der Waals surface area contributed by atoms with Crippen molar-refractivity contribution in [2.24, 2.45) is 0 Å². The molecule has 98 valence electrons. The Balaban J connectivity index is 2.21. The van der Waals surface area contributed by atoms with Gasteiger partial charge in [-0.3, -0.25) is 0 Å². The number of nitriles is 1.